The fourth-order valence-corrected chi connectivity index (χ4v) is 2.00. The van der Waals surface area contributed by atoms with Crippen molar-refractivity contribution in [1.29, 1.82) is 0 Å². The van der Waals surface area contributed by atoms with Gasteiger partial charge in [0.05, 0.1) is 0 Å². The molecule has 0 unspecified atom stereocenters. The molecule has 0 bridgehead atoms. The lowest BCUT2D eigenvalue weighted by Gasteiger charge is -2.28. The van der Waals surface area contributed by atoms with E-state index in [1.807, 2.05) is 30.3 Å². The van der Waals surface area contributed by atoms with Crippen LogP contribution in [-0.4, -0.2) is 29.9 Å². The molecule has 3 heteroatoms. The van der Waals surface area contributed by atoms with Crippen LogP contribution < -0.4 is 5.73 Å². The Morgan fingerprint density at radius 1 is 1.28 bits per heavy atom. The van der Waals surface area contributed by atoms with Gasteiger partial charge in [-0.05, 0) is 24.3 Å². The Hall–Kier alpha value is -1.79. The van der Waals surface area contributed by atoms with Crippen molar-refractivity contribution in [3.8, 4) is 11.8 Å². The summed E-state index contributed by atoms with van der Waals surface area (Å²) in [6.07, 6.45) is 2.39. The minimum atomic E-state index is -0.0715. The highest BCUT2D eigenvalue weighted by atomic mass is 16.2. The number of carbonyl (C=O) groups excluding carboxylic acids is 1. The Balaban J connectivity index is 1.84. The van der Waals surface area contributed by atoms with Crippen LogP contribution in [0, 0.1) is 11.8 Å². The van der Waals surface area contributed by atoms with E-state index in [0.717, 1.165) is 31.5 Å². The highest BCUT2D eigenvalue weighted by molar-refractivity contribution is 5.93. The maximum Gasteiger partial charge on any atom is 0.298 e. The Kier molecular flexibility index (Phi) is 4.38. The van der Waals surface area contributed by atoms with Crippen molar-refractivity contribution < 1.29 is 4.79 Å². The minimum Gasteiger partial charge on any atom is -0.332 e. The van der Waals surface area contributed by atoms with E-state index in [9.17, 15) is 4.79 Å². The Morgan fingerprint density at radius 2 is 1.94 bits per heavy atom. The molecule has 1 fully saturated rings. The average Bonchev–Trinajstić information content (AvgIpc) is 2.40. The molecule has 0 aliphatic carbocycles. The summed E-state index contributed by atoms with van der Waals surface area (Å²) in [5.41, 5.74) is 6.94. The van der Waals surface area contributed by atoms with Crippen LogP contribution in [-0.2, 0) is 11.2 Å². The molecule has 2 N–H and O–H groups in total. The van der Waals surface area contributed by atoms with E-state index in [2.05, 4.69) is 11.8 Å². The van der Waals surface area contributed by atoms with Crippen LogP contribution in [0.15, 0.2) is 30.3 Å². The summed E-state index contributed by atoms with van der Waals surface area (Å²) in [4.78, 5) is 13.6. The summed E-state index contributed by atoms with van der Waals surface area (Å²) < 4.78 is 0. The maximum atomic E-state index is 11.8. The fourth-order valence-electron chi connectivity index (χ4n) is 2.00. The van der Waals surface area contributed by atoms with E-state index < -0.39 is 0 Å². The van der Waals surface area contributed by atoms with Gasteiger partial charge in [0.25, 0.3) is 5.91 Å². The molecule has 0 saturated carbocycles. The van der Waals surface area contributed by atoms with Gasteiger partial charge in [-0.3, -0.25) is 4.79 Å². The molecular formula is C15H18N2O. The molecular weight excluding hydrogens is 224 g/mol. The molecule has 1 aliphatic heterocycles. The maximum absolute atomic E-state index is 11.8. The van der Waals surface area contributed by atoms with Gasteiger partial charge >= 0.3 is 0 Å². The van der Waals surface area contributed by atoms with Crippen molar-refractivity contribution in [2.24, 2.45) is 5.73 Å². The smallest absolute Gasteiger partial charge is 0.298 e. The van der Waals surface area contributed by atoms with Gasteiger partial charge in [-0.1, -0.05) is 36.3 Å². The Labute approximate surface area is 108 Å². The lowest BCUT2D eigenvalue weighted by Crippen LogP contribution is -2.42. The van der Waals surface area contributed by atoms with Crippen molar-refractivity contribution in [2.45, 2.75) is 25.3 Å². The Morgan fingerprint density at radius 3 is 2.61 bits per heavy atom. The molecule has 0 atom stereocenters. The predicted octanol–water partition coefficient (Wildman–Crippen LogP) is 1.18. The highest BCUT2D eigenvalue weighted by Crippen LogP contribution is 2.07. The molecule has 1 amide bonds. The summed E-state index contributed by atoms with van der Waals surface area (Å²) in [6.45, 7) is 1.47. The van der Waals surface area contributed by atoms with Crippen LogP contribution in [0.1, 0.15) is 18.4 Å². The summed E-state index contributed by atoms with van der Waals surface area (Å²) in [6, 6.07) is 10.2. The van der Waals surface area contributed by atoms with E-state index in [0.29, 0.717) is 6.42 Å². The van der Waals surface area contributed by atoms with Crippen molar-refractivity contribution >= 4 is 5.91 Å². The van der Waals surface area contributed by atoms with Gasteiger partial charge in [0.2, 0.25) is 0 Å². The molecule has 18 heavy (non-hydrogen) atoms. The Bertz CT molecular complexity index is 450. The number of piperidine rings is 1. The van der Waals surface area contributed by atoms with Crippen LogP contribution in [0.3, 0.4) is 0 Å². The molecule has 3 nitrogen and oxygen atoms in total. The number of hydrogen-bond donors (Lipinski definition) is 1. The van der Waals surface area contributed by atoms with Crippen LogP contribution in [0.2, 0.25) is 0 Å². The van der Waals surface area contributed by atoms with Gasteiger partial charge in [0.1, 0.15) is 0 Å². The topological polar surface area (TPSA) is 46.3 Å². The summed E-state index contributed by atoms with van der Waals surface area (Å²) >= 11 is 0. The van der Waals surface area contributed by atoms with Crippen molar-refractivity contribution in [3.05, 3.63) is 35.9 Å². The first kappa shape index (κ1) is 12.7. The zero-order valence-electron chi connectivity index (χ0n) is 10.4. The molecule has 1 heterocycles. The van der Waals surface area contributed by atoms with Crippen LogP contribution in [0.4, 0.5) is 0 Å². The third-order valence-corrected chi connectivity index (χ3v) is 3.16. The molecule has 94 valence electrons. The first-order chi connectivity index (χ1) is 8.75. The monoisotopic (exact) mass is 242 g/mol. The van der Waals surface area contributed by atoms with Crippen LogP contribution in [0.25, 0.3) is 0 Å². The van der Waals surface area contributed by atoms with E-state index in [4.69, 9.17) is 5.73 Å². The van der Waals surface area contributed by atoms with Gasteiger partial charge in [-0.15, -0.1) is 0 Å². The SMILES string of the molecule is NC1CCN(C(=O)C#CCc2ccccc2)CC1. The molecule has 0 aromatic heterocycles. The molecule has 1 aromatic rings. The van der Waals surface area contributed by atoms with Crippen LogP contribution >= 0.6 is 0 Å². The molecule has 2 rings (SSSR count). The van der Waals surface area contributed by atoms with Gasteiger partial charge in [-0.25, -0.2) is 0 Å². The second-order valence-corrected chi connectivity index (χ2v) is 4.59. The molecule has 1 saturated heterocycles. The summed E-state index contributed by atoms with van der Waals surface area (Å²) in [7, 11) is 0. The number of hydrogen-bond acceptors (Lipinski definition) is 2. The second kappa shape index (κ2) is 6.23. The quantitative estimate of drug-likeness (QED) is 0.752. The zero-order valence-corrected chi connectivity index (χ0v) is 10.4. The molecule has 1 aliphatic rings. The average molecular weight is 242 g/mol. The van der Waals surface area contributed by atoms with Gasteiger partial charge in [0, 0.05) is 25.6 Å². The fraction of sp³-hybridized carbons (Fsp3) is 0.400. The lowest BCUT2D eigenvalue weighted by molar-refractivity contribution is -0.126. The van der Waals surface area contributed by atoms with Crippen molar-refractivity contribution in [1.82, 2.24) is 4.90 Å². The third kappa shape index (κ3) is 3.61. The highest BCUT2D eigenvalue weighted by Gasteiger charge is 2.18. The van der Waals surface area contributed by atoms with Gasteiger partial charge in [-0.2, -0.15) is 0 Å². The number of carbonyl (C=O) groups is 1. The lowest BCUT2D eigenvalue weighted by atomic mass is 10.1. The van der Waals surface area contributed by atoms with E-state index in [-0.39, 0.29) is 11.9 Å². The number of rotatable bonds is 1. The number of benzene rings is 1. The summed E-state index contributed by atoms with van der Waals surface area (Å²) in [5.74, 6) is 5.58. The van der Waals surface area contributed by atoms with E-state index in [1.165, 1.54) is 0 Å². The number of likely N-dealkylation sites (tertiary alicyclic amines) is 1. The van der Waals surface area contributed by atoms with Gasteiger partial charge < -0.3 is 10.6 Å². The molecule has 0 spiro atoms. The van der Waals surface area contributed by atoms with Crippen LogP contribution in [0.5, 0.6) is 0 Å². The van der Waals surface area contributed by atoms with Gasteiger partial charge in [0.15, 0.2) is 0 Å². The third-order valence-electron chi connectivity index (χ3n) is 3.16. The van der Waals surface area contributed by atoms with Crippen molar-refractivity contribution in [2.75, 3.05) is 13.1 Å². The number of nitrogens with two attached hydrogens (primary N) is 1. The molecule has 0 radical (unpaired) electrons. The van der Waals surface area contributed by atoms with E-state index >= 15 is 0 Å². The van der Waals surface area contributed by atoms with E-state index in [1.54, 1.807) is 4.90 Å². The predicted molar refractivity (Wildman–Crippen MR) is 71.7 cm³/mol. The number of nitrogens with zero attached hydrogens (tertiary/aromatic N) is 1. The van der Waals surface area contributed by atoms with Crippen molar-refractivity contribution in [3.63, 3.8) is 0 Å². The second-order valence-electron chi connectivity index (χ2n) is 4.59. The number of amides is 1. The minimum absolute atomic E-state index is 0.0715. The first-order valence-corrected chi connectivity index (χ1v) is 6.33. The largest absolute Gasteiger partial charge is 0.332 e. The molecule has 1 aromatic carbocycles. The normalized spacial score (nSPS) is 15.9. The first-order valence-electron chi connectivity index (χ1n) is 6.33. The standard InChI is InChI=1S/C15H18N2O/c16-14-9-11-17(12-10-14)15(18)8-4-7-13-5-2-1-3-6-13/h1-3,5-6,14H,7,9-12,16H2. The summed E-state index contributed by atoms with van der Waals surface area (Å²) in [5, 5.41) is 0. The zero-order chi connectivity index (χ0) is 12.8.